The third-order valence-electron chi connectivity index (χ3n) is 5.35. The van der Waals surface area contributed by atoms with Crippen LogP contribution in [0.1, 0.15) is 48.5 Å². The van der Waals surface area contributed by atoms with Crippen LogP contribution in [0.3, 0.4) is 0 Å². The van der Waals surface area contributed by atoms with E-state index >= 15 is 0 Å². The predicted octanol–water partition coefficient (Wildman–Crippen LogP) is 2.32. The van der Waals surface area contributed by atoms with Gasteiger partial charge in [0, 0.05) is 31.8 Å². The molecule has 1 atom stereocenters. The molecule has 144 valence electrons. The number of carbonyl (C=O) groups is 1. The number of rotatable bonds is 5. The second kappa shape index (κ2) is 8.06. The van der Waals surface area contributed by atoms with Gasteiger partial charge in [0.1, 0.15) is 0 Å². The highest BCUT2D eigenvalue weighted by molar-refractivity contribution is 7.89. The Morgan fingerprint density at radius 3 is 2.65 bits per heavy atom. The number of aryl methyl sites for hydroxylation is 1. The monoisotopic (exact) mass is 380 g/mol. The van der Waals surface area contributed by atoms with Crippen molar-refractivity contribution in [1.82, 2.24) is 9.62 Å². The van der Waals surface area contributed by atoms with Gasteiger partial charge in [0.15, 0.2) is 0 Å². The number of hydrogen-bond acceptors (Lipinski definition) is 4. The Bertz CT molecular complexity index is 749. The van der Waals surface area contributed by atoms with Crippen LogP contribution >= 0.6 is 0 Å². The smallest absolute Gasteiger partial charge is 0.251 e. The highest BCUT2D eigenvalue weighted by atomic mass is 32.2. The molecule has 1 aromatic carbocycles. The van der Waals surface area contributed by atoms with E-state index < -0.39 is 10.0 Å². The van der Waals surface area contributed by atoms with Crippen molar-refractivity contribution in [1.29, 1.82) is 0 Å². The molecule has 0 radical (unpaired) electrons. The largest absolute Gasteiger partial charge is 0.376 e. The lowest BCUT2D eigenvalue weighted by Crippen LogP contribution is -2.38. The Balaban J connectivity index is 1.74. The quantitative estimate of drug-likeness (QED) is 0.851. The van der Waals surface area contributed by atoms with E-state index in [2.05, 4.69) is 12.2 Å². The normalized spacial score (nSPS) is 22.5. The topological polar surface area (TPSA) is 75.7 Å². The number of amides is 1. The van der Waals surface area contributed by atoms with Crippen LogP contribution in [0.4, 0.5) is 0 Å². The van der Waals surface area contributed by atoms with E-state index in [9.17, 15) is 13.2 Å². The molecule has 1 unspecified atom stereocenters. The summed E-state index contributed by atoms with van der Waals surface area (Å²) in [7, 11) is -3.56. The summed E-state index contributed by atoms with van der Waals surface area (Å²) in [6.45, 7) is 6.24. The van der Waals surface area contributed by atoms with Gasteiger partial charge in [-0.2, -0.15) is 4.31 Å². The average Bonchev–Trinajstić information content (AvgIpc) is 3.14. The van der Waals surface area contributed by atoms with E-state index in [0.717, 1.165) is 37.9 Å². The zero-order valence-electron chi connectivity index (χ0n) is 15.5. The minimum atomic E-state index is -3.56. The molecule has 26 heavy (non-hydrogen) atoms. The second-order valence-corrected chi connectivity index (χ2v) is 9.35. The van der Waals surface area contributed by atoms with Crippen LogP contribution in [-0.2, 0) is 14.8 Å². The van der Waals surface area contributed by atoms with Crippen molar-refractivity contribution in [2.24, 2.45) is 5.92 Å². The molecular weight excluding hydrogens is 352 g/mol. The van der Waals surface area contributed by atoms with Crippen molar-refractivity contribution in [3.05, 3.63) is 29.3 Å². The molecule has 1 N–H and O–H groups in total. The van der Waals surface area contributed by atoms with Crippen LogP contribution in [-0.4, -0.2) is 51.0 Å². The van der Waals surface area contributed by atoms with Gasteiger partial charge < -0.3 is 10.1 Å². The highest BCUT2D eigenvalue weighted by Crippen LogP contribution is 2.25. The van der Waals surface area contributed by atoms with Crippen molar-refractivity contribution < 1.29 is 17.9 Å². The number of nitrogens with one attached hydrogen (secondary N) is 1. The van der Waals surface area contributed by atoms with E-state index in [1.807, 2.05) is 6.92 Å². The molecule has 0 aliphatic carbocycles. The number of hydrogen-bond donors (Lipinski definition) is 1. The van der Waals surface area contributed by atoms with E-state index in [1.165, 1.54) is 10.4 Å². The van der Waals surface area contributed by atoms with E-state index in [1.54, 1.807) is 12.1 Å². The zero-order chi connectivity index (χ0) is 18.7. The van der Waals surface area contributed by atoms with Crippen molar-refractivity contribution in [2.45, 2.75) is 50.5 Å². The number of piperidine rings is 1. The van der Waals surface area contributed by atoms with E-state index in [4.69, 9.17) is 4.74 Å². The van der Waals surface area contributed by atoms with Gasteiger partial charge in [-0.25, -0.2) is 8.42 Å². The molecule has 2 saturated heterocycles. The molecule has 7 heteroatoms. The molecule has 3 rings (SSSR count). The van der Waals surface area contributed by atoms with Crippen molar-refractivity contribution in [2.75, 3.05) is 26.2 Å². The molecule has 0 saturated carbocycles. The number of benzene rings is 1. The minimum absolute atomic E-state index is 0.0570. The van der Waals surface area contributed by atoms with Gasteiger partial charge in [-0.15, -0.1) is 0 Å². The van der Waals surface area contributed by atoms with Crippen molar-refractivity contribution >= 4 is 15.9 Å². The van der Waals surface area contributed by atoms with Gasteiger partial charge >= 0.3 is 0 Å². The third kappa shape index (κ3) is 4.27. The molecule has 0 spiro atoms. The van der Waals surface area contributed by atoms with Gasteiger partial charge in [0.05, 0.1) is 11.0 Å². The Morgan fingerprint density at radius 2 is 2.00 bits per heavy atom. The van der Waals surface area contributed by atoms with Crippen LogP contribution in [0, 0.1) is 12.8 Å². The fourth-order valence-corrected chi connectivity index (χ4v) is 4.98. The second-order valence-electron chi connectivity index (χ2n) is 7.41. The summed E-state index contributed by atoms with van der Waals surface area (Å²) in [6.07, 6.45) is 3.77. The molecule has 1 aromatic rings. The molecule has 0 aromatic heterocycles. The summed E-state index contributed by atoms with van der Waals surface area (Å²) in [5, 5.41) is 2.87. The molecule has 2 aliphatic rings. The Kier molecular flexibility index (Phi) is 5.99. The number of sulfonamides is 1. The molecular formula is C19H28N2O4S. The molecule has 2 aliphatic heterocycles. The Labute approximate surface area is 156 Å². The van der Waals surface area contributed by atoms with Crippen LogP contribution in [0.25, 0.3) is 0 Å². The first kappa shape index (κ1) is 19.3. The summed E-state index contributed by atoms with van der Waals surface area (Å²) in [4.78, 5) is 12.7. The number of nitrogens with zero attached hydrogens (tertiary/aromatic N) is 1. The zero-order valence-corrected chi connectivity index (χ0v) is 16.3. The van der Waals surface area contributed by atoms with Crippen LogP contribution in [0.15, 0.2) is 23.1 Å². The molecule has 6 nitrogen and oxygen atoms in total. The van der Waals surface area contributed by atoms with Crippen LogP contribution < -0.4 is 5.32 Å². The first-order valence-electron chi connectivity index (χ1n) is 9.38. The van der Waals surface area contributed by atoms with Crippen molar-refractivity contribution in [3.8, 4) is 0 Å². The maximum absolute atomic E-state index is 12.9. The van der Waals surface area contributed by atoms with E-state index in [0.29, 0.717) is 31.1 Å². The first-order chi connectivity index (χ1) is 12.4. The van der Waals surface area contributed by atoms with Gasteiger partial charge in [-0.1, -0.05) is 13.0 Å². The maximum atomic E-state index is 12.9. The van der Waals surface area contributed by atoms with E-state index in [-0.39, 0.29) is 16.9 Å². The minimum Gasteiger partial charge on any atom is -0.376 e. The van der Waals surface area contributed by atoms with Crippen molar-refractivity contribution in [3.63, 3.8) is 0 Å². The Hall–Kier alpha value is -1.44. The van der Waals surface area contributed by atoms with Gasteiger partial charge in [-0.3, -0.25) is 4.79 Å². The number of carbonyl (C=O) groups excluding carboxylic acids is 1. The Morgan fingerprint density at radius 1 is 1.27 bits per heavy atom. The van der Waals surface area contributed by atoms with Crippen LogP contribution in [0.5, 0.6) is 0 Å². The summed E-state index contributed by atoms with van der Waals surface area (Å²) >= 11 is 0. The lowest BCUT2D eigenvalue weighted by atomic mass is 10.0. The highest BCUT2D eigenvalue weighted by Gasteiger charge is 2.29. The van der Waals surface area contributed by atoms with Crippen LogP contribution in [0.2, 0.25) is 0 Å². The third-order valence-corrected chi connectivity index (χ3v) is 7.24. The molecule has 2 fully saturated rings. The summed E-state index contributed by atoms with van der Waals surface area (Å²) < 4.78 is 32.9. The molecule has 2 heterocycles. The molecule has 1 amide bonds. The maximum Gasteiger partial charge on any atom is 0.251 e. The predicted molar refractivity (Wildman–Crippen MR) is 99.6 cm³/mol. The fourth-order valence-electron chi connectivity index (χ4n) is 3.49. The van der Waals surface area contributed by atoms with Gasteiger partial charge in [-0.05, 0) is 56.2 Å². The standard InChI is InChI=1S/C19H28N2O4S/c1-14-7-9-21(10-8-14)26(23,24)17-6-5-15(2)18(12-17)19(22)20-13-16-4-3-11-25-16/h5-6,12,14,16H,3-4,7-11,13H2,1-2H3,(H,20,22). The molecule has 0 bridgehead atoms. The van der Waals surface area contributed by atoms with Gasteiger partial charge in [0.25, 0.3) is 5.91 Å². The van der Waals surface area contributed by atoms with Gasteiger partial charge in [0.2, 0.25) is 10.0 Å². The average molecular weight is 381 g/mol. The summed E-state index contributed by atoms with van der Waals surface area (Å²) in [5.74, 6) is 0.306. The lowest BCUT2D eigenvalue weighted by molar-refractivity contribution is 0.0857. The lowest BCUT2D eigenvalue weighted by Gasteiger charge is -2.29. The fraction of sp³-hybridized carbons (Fsp3) is 0.632. The summed E-state index contributed by atoms with van der Waals surface area (Å²) in [5.41, 5.74) is 1.18. The first-order valence-corrected chi connectivity index (χ1v) is 10.8. The summed E-state index contributed by atoms with van der Waals surface area (Å²) in [6, 6.07) is 4.81. The number of ether oxygens (including phenoxy) is 1. The SMILES string of the molecule is Cc1ccc(S(=O)(=O)N2CCC(C)CC2)cc1C(=O)NCC1CCCO1.